The van der Waals surface area contributed by atoms with Gasteiger partial charge in [0.25, 0.3) is 5.78 Å². The van der Waals surface area contributed by atoms with Gasteiger partial charge in [0.1, 0.15) is 23.0 Å². The molecule has 1 aliphatic rings. The molecule has 0 spiro atoms. The van der Waals surface area contributed by atoms with Gasteiger partial charge in [-0.15, -0.1) is 0 Å². The average molecular weight is 556 g/mol. The molecule has 1 unspecified atom stereocenters. The number of aliphatic hydroxyl groups is 1. The third-order valence-corrected chi connectivity index (χ3v) is 7.41. The summed E-state index contributed by atoms with van der Waals surface area (Å²) >= 11 is 0.950. The zero-order valence-electron chi connectivity index (χ0n) is 21.7. The Labute approximate surface area is 234 Å². The molecule has 2 aromatic carbocycles. The Balaban J connectivity index is 1.52. The topological polar surface area (TPSA) is 119 Å². The Morgan fingerprint density at radius 3 is 2.48 bits per heavy atom. The maximum atomic E-state index is 13.4. The summed E-state index contributed by atoms with van der Waals surface area (Å²) in [4.78, 5) is 49.1. The Bertz CT molecular complexity index is 1580. The Hall–Kier alpha value is -4.83. The van der Waals surface area contributed by atoms with E-state index in [2.05, 4.69) is 9.97 Å². The van der Waals surface area contributed by atoms with Gasteiger partial charge in [-0.2, -0.15) is 0 Å². The number of carbonyl (C=O) groups is 3. The third kappa shape index (κ3) is 5.21. The van der Waals surface area contributed by atoms with Gasteiger partial charge < -0.3 is 14.6 Å². The van der Waals surface area contributed by atoms with E-state index < -0.39 is 23.7 Å². The lowest BCUT2D eigenvalue weighted by molar-refractivity contribution is -0.132. The first-order valence-electron chi connectivity index (χ1n) is 12.5. The second kappa shape index (κ2) is 11.5. The van der Waals surface area contributed by atoms with Crippen molar-refractivity contribution in [3.05, 3.63) is 112 Å². The minimum absolute atomic E-state index is 0.110. The van der Waals surface area contributed by atoms with E-state index >= 15 is 0 Å². The van der Waals surface area contributed by atoms with Gasteiger partial charge in [-0.05, 0) is 55.3 Å². The number of pyridine rings is 1. The van der Waals surface area contributed by atoms with Gasteiger partial charge in [-0.25, -0.2) is 9.78 Å². The first kappa shape index (κ1) is 26.8. The molecule has 0 aliphatic carbocycles. The highest BCUT2D eigenvalue weighted by molar-refractivity contribution is 7.17. The van der Waals surface area contributed by atoms with Crippen molar-refractivity contribution in [3.63, 3.8) is 0 Å². The number of ether oxygens (including phenoxy) is 2. The van der Waals surface area contributed by atoms with Crippen molar-refractivity contribution in [2.45, 2.75) is 26.5 Å². The van der Waals surface area contributed by atoms with Crippen LogP contribution in [-0.4, -0.2) is 39.3 Å². The number of amides is 1. The molecule has 1 N–H and O–H groups in total. The largest absolute Gasteiger partial charge is 0.507 e. The van der Waals surface area contributed by atoms with Crippen LogP contribution in [-0.2, 0) is 20.9 Å². The van der Waals surface area contributed by atoms with Gasteiger partial charge in [0, 0.05) is 18.0 Å². The highest BCUT2D eigenvalue weighted by Crippen LogP contribution is 2.43. The molecule has 0 bridgehead atoms. The van der Waals surface area contributed by atoms with E-state index in [0.717, 1.165) is 16.9 Å². The number of hydrogen-bond acceptors (Lipinski definition) is 9. The molecule has 3 heterocycles. The summed E-state index contributed by atoms with van der Waals surface area (Å²) in [7, 11) is 0. The van der Waals surface area contributed by atoms with Crippen LogP contribution in [0.5, 0.6) is 5.75 Å². The van der Waals surface area contributed by atoms with Crippen LogP contribution in [0.4, 0.5) is 5.13 Å². The second-order valence-corrected chi connectivity index (χ2v) is 9.86. The number of ketones is 1. The lowest BCUT2D eigenvalue weighted by atomic mass is 9.96. The highest BCUT2D eigenvalue weighted by Gasteiger charge is 2.48. The van der Waals surface area contributed by atoms with Gasteiger partial charge in [0.05, 0.1) is 23.9 Å². The monoisotopic (exact) mass is 555 g/mol. The molecule has 1 amide bonds. The lowest BCUT2D eigenvalue weighted by Gasteiger charge is -2.22. The Morgan fingerprint density at radius 2 is 1.80 bits per heavy atom. The molecule has 202 valence electrons. The van der Waals surface area contributed by atoms with Crippen molar-refractivity contribution in [3.8, 4) is 5.75 Å². The number of anilines is 1. The molecule has 10 heteroatoms. The first-order chi connectivity index (χ1) is 19.4. The fraction of sp³-hybridized carbons (Fsp3) is 0.167. The van der Waals surface area contributed by atoms with Crippen molar-refractivity contribution in [1.82, 2.24) is 9.97 Å². The third-order valence-electron chi connectivity index (χ3n) is 6.27. The fourth-order valence-corrected chi connectivity index (χ4v) is 5.35. The van der Waals surface area contributed by atoms with Crippen LogP contribution in [0, 0.1) is 6.92 Å². The van der Waals surface area contributed by atoms with Crippen LogP contribution in [0.1, 0.15) is 45.0 Å². The summed E-state index contributed by atoms with van der Waals surface area (Å²) in [5, 5.41) is 11.5. The molecule has 0 saturated carbocycles. The molecule has 4 aromatic rings. The molecule has 1 atom stereocenters. The normalized spacial score (nSPS) is 16.2. The summed E-state index contributed by atoms with van der Waals surface area (Å²) in [6.07, 6.45) is 3.08. The number of Topliss-reactive ketones (excluding diaryl/α,β-unsaturated/α-hetero) is 1. The number of carbonyl (C=O) groups excluding carboxylic acids is 3. The van der Waals surface area contributed by atoms with Gasteiger partial charge in [-0.3, -0.25) is 19.5 Å². The average Bonchev–Trinajstić information content (AvgIpc) is 3.49. The van der Waals surface area contributed by atoms with Gasteiger partial charge in [0.2, 0.25) is 0 Å². The quantitative estimate of drug-likeness (QED) is 0.136. The predicted molar refractivity (Wildman–Crippen MR) is 149 cm³/mol. The smallest absolute Gasteiger partial charge is 0.350 e. The van der Waals surface area contributed by atoms with Crippen molar-refractivity contribution in [1.29, 1.82) is 0 Å². The summed E-state index contributed by atoms with van der Waals surface area (Å²) in [6, 6.07) is 18.7. The van der Waals surface area contributed by atoms with Crippen molar-refractivity contribution in [2.75, 3.05) is 11.5 Å². The van der Waals surface area contributed by atoms with Gasteiger partial charge in [0.15, 0.2) is 5.13 Å². The maximum absolute atomic E-state index is 13.4. The maximum Gasteiger partial charge on any atom is 0.350 e. The molecule has 1 saturated heterocycles. The van der Waals surface area contributed by atoms with Gasteiger partial charge >= 0.3 is 11.9 Å². The van der Waals surface area contributed by atoms with Crippen molar-refractivity contribution < 1.29 is 29.0 Å². The molecule has 1 fully saturated rings. The predicted octanol–water partition coefficient (Wildman–Crippen LogP) is 5.23. The number of rotatable bonds is 8. The van der Waals surface area contributed by atoms with Crippen LogP contribution in [0.3, 0.4) is 0 Å². The van der Waals surface area contributed by atoms with E-state index in [9.17, 15) is 19.5 Å². The number of aromatic nitrogens is 2. The minimum atomic E-state index is -1.01. The highest BCUT2D eigenvalue weighted by atomic mass is 32.1. The molecule has 2 aromatic heterocycles. The molecule has 1 aliphatic heterocycles. The minimum Gasteiger partial charge on any atom is -0.507 e. The van der Waals surface area contributed by atoms with E-state index in [1.54, 1.807) is 56.4 Å². The number of nitrogens with zero attached hydrogens (tertiary/aromatic N) is 3. The molecular formula is C30H25N3O6S. The van der Waals surface area contributed by atoms with Gasteiger partial charge in [-0.1, -0.05) is 47.7 Å². The van der Waals surface area contributed by atoms with Crippen molar-refractivity contribution in [2.24, 2.45) is 0 Å². The van der Waals surface area contributed by atoms with E-state index in [4.69, 9.17) is 9.47 Å². The summed E-state index contributed by atoms with van der Waals surface area (Å²) in [5.41, 5.74) is 2.10. The van der Waals surface area contributed by atoms with E-state index in [0.29, 0.717) is 29.2 Å². The number of benzene rings is 2. The van der Waals surface area contributed by atoms with Crippen LogP contribution in [0.15, 0.2) is 84.7 Å². The Kier molecular flexibility index (Phi) is 7.70. The molecule has 5 rings (SSSR count). The number of hydrogen-bond donors (Lipinski definition) is 1. The standard InChI is InChI=1S/C30H25N3O6S/c1-3-38-29(37)27-18(2)32-30(40-27)33-24(21-10-7-15-31-16-21)23(26(35)28(33)36)25(34)20-11-13-22(14-12-20)39-17-19-8-5-4-6-9-19/h4-16,24,34H,3,17H2,1-2H3/b25-23+. The first-order valence-corrected chi connectivity index (χ1v) is 13.3. The fourth-order valence-electron chi connectivity index (χ4n) is 4.36. The zero-order valence-corrected chi connectivity index (χ0v) is 22.6. The summed E-state index contributed by atoms with van der Waals surface area (Å²) in [6.45, 7) is 3.88. The van der Waals surface area contributed by atoms with E-state index in [1.165, 1.54) is 11.1 Å². The lowest BCUT2D eigenvalue weighted by Crippen LogP contribution is -2.29. The number of aliphatic hydroxyl groups excluding tert-OH is 1. The number of aryl methyl sites for hydroxylation is 1. The molecule has 9 nitrogen and oxygen atoms in total. The van der Waals surface area contributed by atoms with E-state index in [-0.39, 0.29) is 27.9 Å². The molecule has 0 radical (unpaired) electrons. The van der Waals surface area contributed by atoms with Crippen LogP contribution >= 0.6 is 11.3 Å². The zero-order chi connectivity index (χ0) is 28.2. The summed E-state index contributed by atoms with van der Waals surface area (Å²) < 4.78 is 10.9. The van der Waals surface area contributed by atoms with Crippen LogP contribution < -0.4 is 9.64 Å². The van der Waals surface area contributed by atoms with Crippen LogP contribution in [0.2, 0.25) is 0 Å². The second-order valence-electron chi connectivity index (χ2n) is 8.89. The number of thiazole rings is 1. The Morgan fingerprint density at radius 1 is 1.05 bits per heavy atom. The van der Waals surface area contributed by atoms with Crippen molar-refractivity contribution >= 4 is 39.9 Å². The molecule has 40 heavy (non-hydrogen) atoms. The summed E-state index contributed by atoms with van der Waals surface area (Å²) in [5.74, 6) is -2.07. The van der Waals surface area contributed by atoms with Crippen LogP contribution in [0.25, 0.3) is 5.76 Å². The SMILES string of the molecule is CCOC(=O)c1sc(N2C(=O)C(=O)/C(=C(/O)c3ccc(OCc4ccccc4)cc3)C2c2cccnc2)nc1C. The molecular weight excluding hydrogens is 530 g/mol. The number of esters is 1. The van der Waals surface area contributed by atoms with E-state index in [1.807, 2.05) is 30.3 Å².